The first-order valence-electron chi connectivity index (χ1n) is 4.86. The summed E-state index contributed by atoms with van der Waals surface area (Å²) in [6, 6.07) is 7.89. The van der Waals surface area contributed by atoms with E-state index in [2.05, 4.69) is 18.8 Å². The molecule has 14 heavy (non-hydrogen) atoms. The van der Waals surface area contributed by atoms with E-state index in [0.29, 0.717) is 5.92 Å². The van der Waals surface area contributed by atoms with Gasteiger partial charge in [-0.2, -0.15) is 0 Å². The van der Waals surface area contributed by atoms with E-state index >= 15 is 0 Å². The van der Waals surface area contributed by atoms with Crippen LogP contribution in [0.3, 0.4) is 0 Å². The van der Waals surface area contributed by atoms with Crippen molar-refractivity contribution in [3.05, 3.63) is 29.8 Å². The lowest BCUT2D eigenvalue weighted by atomic mass is 10.2. The highest BCUT2D eigenvalue weighted by molar-refractivity contribution is 5.79. The first-order valence-corrected chi connectivity index (χ1v) is 4.86. The van der Waals surface area contributed by atoms with Gasteiger partial charge in [0.25, 0.3) is 0 Å². The number of ether oxygens (including phenoxy) is 1. The molecular weight excluding hydrogens is 174 g/mol. The zero-order valence-corrected chi connectivity index (χ0v) is 9.03. The number of benzene rings is 1. The molecule has 0 spiro atoms. The largest absolute Gasteiger partial charge is 0.497 e. The van der Waals surface area contributed by atoms with Crippen LogP contribution in [0, 0.1) is 5.92 Å². The standard InChI is InChI=1S/C12H17NO/c1-10(2)8-13-9-11-4-6-12(14-3)7-5-11/h4-7,9-10H,8H2,1-3H3/b13-9+. The van der Waals surface area contributed by atoms with Gasteiger partial charge in [0.05, 0.1) is 7.11 Å². The number of hydrogen-bond donors (Lipinski definition) is 0. The number of hydrogen-bond acceptors (Lipinski definition) is 2. The molecule has 0 heterocycles. The van der Waals surface area contributed by atoms with Gasteiger partial charge in [0.2, 0.25) is 0 Å². The van der Waals surface area contributed by atoms with Gasteiger partial charge in [-0.25, -0.2) is 0 Å². The molecule has 76 valence electrons. The van der Waals surface area contributed by atoms with Crippen molar-refractivity contribution < 1.29 is 4.74 Å². The highest BCUT2D eigenvalue weighted by atomic mass is 16.5. The van der Waals surface area contributed by atoms with Crippen molar-refractivity contribution >= 4 is 6.21 Å². The van der Waals surface area contributed by atoms with Crippen molar-refractivity contribution in [3.63, 3.8) is 0 Å². The molecule has 0 aliphatic heterocycles. The minimum Gasteiger partial charge on any atom is -0.497 e. The lowest BCUT2D eigenvalue weighted by molar-refractivity contribution is 0.415. The Morgan fingerprint density at radius 2 is 1.93 bits per heavy atom. The van der Waals surface area contributed by atoms with Crippen molar-refractivity contribution in [1.82, 2.24) is 0 Å². The highest BCUT2D eigenvalue weighted by Gasteiger charge is 1.91. The topological polar surface area (TPSA) is 21.6 Å². The molecule has 0 aromatic heterocycles. The Kier molecular flexibility index (Phi) is 4.17. The summed E-state index contributed by atoms with van der Waals surface area (Å²) in [5.41, 5.74) is 1.12. The Morgan fingerprint density at radius 3 is 2.43 bits per heavy atom. The second-order valence-corrected chi connectivity index (χ2v) is 3.66. The number of methoxy groups -OCH3 is 1. The Hall–Kier alpha value is -1.31. The average molecular weight is 191 g/mol. The van der Waals surface area contributed by atoms with E-state index < -0.39 is 0 Å². The zero-order valence-electron chi connectivity index (χ0n) is 9.03. The van der Waals surface area contributed by atoms with Gasteiger partial charge in [-0.05, 0) is 35.7 Å². The minimum absolute atomic E-state index is 0.615. The monoisotopic (exact) mass is 191 g/mol. The summed E-state index contributed by atoms with van der Waals surface area (Å²) in [6.45, 7) is 5.20. The normalized spacial score (nSPS) is 11.1. The molecule has 0 unspecified atom stereocenters. The van der Waals surface area contributed by atoms with E-state index in [9.17, 15) is 0 Å². The maximum Gasteiger partial charge on any atom is 0.118 e. The summed E-state index contributed by atoms with van der Waals surface area (Å²) >= 11 is 0. The molecule has 0 atom stereocenters. The van der Waals surface area contributed by atoms with E-state index in [1.165, 1.54) is 0 Å². The van der Waals surface area contributed by atoms with Gasteiger partial charge >= 0.3 is 0 Å². The molecule has 0 saturated carbocycles. The summed E-state index contributed by atoms with van der Waals surface area (Å²) in [6.07, 6.45) is 1.90. The third kappa shape index (κ3) is 3.60. The van der Waals surface area contributed by atoms with Crippen LogP contribution < -0.4 is 4.74 Å². The predicted octanol–water partition coefficient (Wildman–Crippen LogP) is 2.77. The van der Waals surface area contributed by atoms with E-state index in [1.54, 1.807) is 7.11 Å². The third-order valence-corrected chi connectivity index (χ3v) is 1.83. The Balaban J connectivity index is 2.55. The fraction of sp³-hybridized carbons (Fsp3) is 0.417. The molecule has 0 radical (unpaired) electrons. The fourth-order valence-electron chi connectivity index (χ4n) is 1.06. The highest BCUT2D eigenvalue weighted by Crippen LogP contribution is 2.09. The SMILES string of the molecule is COc1ccc(/C=N/CC(C)C)cc1. The molecule has 0 N–H and O–H groups in total. The second kappa shape index (κ2) is 5.43. The second-order valence-electron chi connectivity index (χ2n) is 3.66. The Morgan fingerprint density at radius 1 is 1.29 bits per heavy atom. The van der Waals surface area contributed by atoms with Crippen molar-refractivity contribution in [1.29, 1.82) is 0 Å². The van der Waals surface area contributed by atoms with Crippen molar-refractivity contribution in [2.45, 2.75) is 13.8 Å². The van der Waals surface area contributed by atoms with Gasteiger partial charge < -0.3 is 4.74 Å². The Bertz CT molecular complexity index is 288. The van der Waals surface area contributed by atoms with Crippen LogP contribution in [0.5, 0.6) is 5.75 Å². The quantitative estimate of drug-likeness (QED) is 0.670. The lowest BCUT2D eigenvalue weighted by Gasteiger charge is -1.99. The molecular formula is C12H17NO. The summed E-state index contributed by atoms with van der Waals surface area (Å²) in [5, 5.41) is 0. The first-order chi connectivity index (χ1) is 6.72. The third-order valence-electron chi connectivity index (χ3n) is 1.83. The molecule has 0 aliphatic rings. The molecule has 0 bridgehead atoms. The molecule has 0 aliphatic carbocycles. The number of rotatable bonds is 4. The molecule has 1 aromatic carbocycles. The molecule has 0 saturated heterocycles. The maximum absolute atomic E-state index is 5.07. The molecule has 1 aromatic rings. The van der Waals surface area contributed by atoms with E-state index in [0.717, 1.165) is 17.9 Å². The fourth-order valence-corrected chi connectivity index (χ4v) is 1.06. The van der Waals surface area contributed by atoms with Crippen LogP contribution >= 0.6 is 0 Å². The van der Waals surface area contributed by atoms with Gasteiger partial charge in [-0.3, -0.25) is 4.99 Å². The van der Waals surface area contributed by atoms with E-state index in [4.69, 9.17) is 4.74 Å². The van der Waals surface area contributed by atoms with Gasteiger partial charge in [0, 0.05) is 12.8 Å². The predicted molar refractivity (Wildman–Crippen MR) is 60.3 cm³/mol. The Labute approximate surface area is 85.6 Å². The average Bonchev–Trinajstić information content (AvgIpc) is 2.18. The molecule has 2 heteroatoms. The summed E-state index contributed by atoms with van der Waals surface area (Å²) in [4.78, 5) is 4.33. The van der Waals surface area contributed by atoms with Crippen LogP contribution in [0.1, 0.15) is 19.4 Å². The van der Waals surface area contributed by atoms with Crippen LogP contribution in [0.15, 0.2) is 29.3 Å². The lowest BCUT2D eigenvalue weighted by Crippen LogP contribution is -1.92. The van der Waals surface area contributed by atoms with Crippen LogP contribution in [0.2, 0.25) is 0 Å². The van der Waals surface area contributed by atoms with Crippen LogP contribution in [-0.4, -0.2) is 19.9 Å². The molecule has 0 fully saturated rings. The van der Waals surface area contributed by atoms with Crippen LogP contribution in [0.25, 0.3) is 0 Å². The van der Waals surface area contributed by atoms with E-state index in [-0.39, 0.29) is 0 Å². The molecule has 2 nitrogen and oxygen atoms in total. The number of nitrogens with zero attached hydrogens (tertiary/aromatic N) is 1. The summed E-state index contributed by atoms with van der Waals surface area (Å²) in [7, 11) is 1.67. The summed E-state index contributed by atoms with van der Waals surface area (Å²) in [5.74, 6) is 1.50. The molecule has 0 amide bonds. The minimum atomic E-state index is 0.615. The van der Waals surface area contributed by atoms with Gasteiger partial charge in [-0.1, -0.05) is 13.8 Å². The van der Waals surface area contributed by atoms with Crippen molar-refractivity contribution in [2.24, 2.45) is 10.9 Å². The van der Waals surface area contributed by atoms with Crippen LogP contribution in [0.4, 0.5) is 0 Å². The maximum atomic E-state index is 5.07. The van der Waals surface area contributed by atoms with Gasteiger partial charge in [0.1, 0.15) is 5.75 Å². The first kappa shape index (κ1) is 10.8. The summed E-state index contributed by atoms with van der Waals surface area (Å²) < 4.78 is 5.07. The van der Waals surface area contributed by atoms with E-state index in [1.807, 2.05) is 30.5 Å². The van der Waals surface area contributed by atoms with Crippen LogP contribution in [-0.2, 0) is 0 Å². The van der Waals surface area contributed by atoms with Crippen molar-refractivity contribution in [2.75, 3.05) is 13.7 Å². The smallest absolute Gasteiger partial charge is 0.118 e. The number of aliphatic imine (C=N–C) groups is 1. The van der Waals surface area contributed by atoms with Crippen molar-refractivity contribution in [3.8, 4) is 5.75 Å². The molecule has 1 rings (SSSR count). The van der Waals surface area contributed by atoms with Gasteiger partial charge in [0.15, 0.2) is 0 Å². The zero-order chi connectivity index (χ0) is 10.4. The van der Waals surface area contributed by atoms with Gasteiger partial charge in [-0.15, -0.1) is 0 Å².